The fourth-order valence-corrected chi connectivity index (χ4v) is 1.29. The van der Waals surface area contributed by atoms with Crippen molar-refractivity contribution in [2.24, 2.45) is 0 Å². The average molecular weight is 216 g/mol. The van der Waals surface area contributed by atoms with Crippen LogP contribution in [0.1, 0.15) is 5.56 Å². The minimum absolute atomic E-state index is 0.366. The Balaban J connectivity index is 2.42. The molecule has 0 bridgehead atoms. The lowest BCUT2D eigenvalue weighted by Crippen LogP contribution is -1.87. The number of carbonyl (C=O) groups is 1. The maximum atomic E-state index is 10.4. The molecule has 0 unspecified atom stereocenters. The Bertz CT molecular complexity index is 518. The van der Waals surface area contributed by atoms with Crippen LogP contribution in [0.3, 0.4) is 0 Å². The zero-order valence-electron chi connectivity index (χ0n) is 8.20. The Hall–Kier alpha value is -2.43. The molecular formula is C11H8N2O3. The van der Waals surface area contributed by atoms with E-state index in [2.05, 4.69) is 10.2 Å². The van der Waals surface area contributed by atoms with Gasteiger partial charge in [-0.25, -0.2) is 4.79 Å². The van der Waals surface area contributed by atoms with Crippen LogP contribution in [0.25, 0.3) is 17.5 Å². The first-order valence-corrected chi connectivity index (χ1v) is 4.54. The SMILES string of the molecule is O=C(O)C=Cc1ccccc1-c1nnco1. The Kier molecular flexibility index (Phi) is 2.77. The quantitative estimate of drug-likeness (QED) is 0.792. The fourth-order valence-electron chi connectivity index (χ4n) is 1.29. The first-order valence-electron chi connectivity index (χ1n) is 4.54. The summed E-state index contributed by atoms with van der Waals surface area (Å²) in [6.07, 6.45) is 3.78. The van der Waals surface area contributed by atoms with Gasteiger partial charge >= 0.3 is 5.97 Å². The number of aliphatic carboxylic acids is 1. The van der Waals surface area contributed by atoms with E-state index in [0.29, 0.717) is 17.0 Å². The van der Waals surface area contributed by atoms with E-state index in [1.165, 1.54) is 12.5 Å². The third-order valence-corrected chi connectivity index (χ3v) is 1.96. The van der Waals surface area contributed by atoms with Crippen LogP contribution in [-0.4, -0.2) is 21.3 Å². The van der Waals surface area contributed by atoms with Crippen LogP contribution in [0.2, 0.25) is 0 Å². The zero-order chi connectivity index (χ0) is 11.4. The predicted octanol–water partition coefficient (Wildman–Crippen LogP) is 1.83. The van der Waals surface area contributed by atoms with E-state index in [0.717, 1.165) is 6.08 Å². The van der Waals surface area contributed by atoms with Crippen LogP contribution in [0.4, 0.5) is 0 Å². The molecule has 2 rings (SSSR count). The molecule has 0 radical (unpaired) electrons. The summed E-state index contributed by atoms with van der Waals surface area (Å²) < 4.78 is 5.06. The summed E-state index contributed by atoms with van der Waals surface area (Å²) >= 11 is 0. The molecule has 1 aromatic carbocycles. The molecule has 0 spiro atoms. The van der Waals surface area contributed by atoms with E-state index in [4.69, 9.17) is 9.52 Å². The van der Waals surface area contributed by atoms with Gasteiger partial charge in [-0.3, -0.25) is 0 Å². The largest absolute Gasteiger partial charge is 0.478 e. The molecule has 0 amide bonds. The van der Waals surface area contributed by atoms with Gasteiger partial charge in [0, 0.05) is 11.6 Å². The number of hydrogen-bond donors (Lipinski definition) is 1. The first-order chi connectivity index (χ1) is 7.77. The van der Waals surface area contributed by atoms with Crippen molar-refractivity contribution >= 4 is 12.0 Å². The minimum atomic E-state index is -1.000. The molecule has 5 heteroatoms. The number of benzene rings is 1. The van der Waals surface area contributed by atoms with Gasteiger partial charge in [-0.15, -0.1) is 10.2 Å². The van der Waals surface area contributed by atoms with Gasteiger partial charge in [0.1, 0.15) is 0 Å². The molecule has 0 saturated carbocycles. The lowest BCUT2D eigenvalue weighted by atomic mass is 10.1. The highest BCUT2D eigenvalue weighted by Gasteiger charge is 2.06. The highest BCUT2D eigenvalue weighted by atomic mass is 16.4. The van der Waals surface area contributed by atoms with E-state index in [1.54, 1.807) is 18.2 Å². The Morgan fingerprint density at radius 2 is 2.19 bits per heavy atom. The second-order valence-electron chi connectivity index (χ2n) is 3.00. The van der Waals surface area contributed by atoms with Gasteiger partial charge in [0.25, 0.3) is 0 Å². The first kappa shape index (κ1) is 10.1. The second kappa shape index (κ2) is 4.39. The summed E-state index contributed by atoms with van der Waals surface area (Å²) in [6, 6.07) is 7.19. The van der Waals surface area contributed by atoms with Gasteiger partial charge in [0.2, 0.25) is 12.3 Å². The molecular weight excluding hydrogens is 208 g/mol. The molecule has 0 aliphatic carbocycles. The minimum Gasteiger partial charge on any atom is -0.478 e. The topological polar surface area (TPSA) is 76.2 Å². The van der Waals surface area contributed by atoms with Crippen molar-refractivity contribution in [3.63, 3.8) is 0 Å². The van der Waals surface area contributed by atoms with Crippen molar-refractivity contribution in [3.8, 4) is 11.5 Å². The number of aromatic nitrogens is 2. The standard InChI is InChI=1S/C11H8N2O3/c14-10(15)6-5-8-3-1-2-4-9(8)11-13-12-7-16-11/h1-7H,(H,14,15). The molecule has 5 nitrogen and oxygen atoms in total. The highest BCUT2D eigenvalue weighted by Crippen LogP contribution is 2.22. The van der Waals surface area contributed by atoms with Crippen LogP contribution >= 0.6 is 0 Å². The maximum absolute atomic E-state index is 10.4. The molecule has 80 valence electrons. The molecule has 0 fully saturated rings. The van der Waals surface area contributed by atoms with Crippen molar-refractivity contribution < 1.29 is 14.3 Å². The van der Waals surface area contributed by atoms with Crippen molar-refractivity contribution in [1.29, 1.82) is 0 Å². The number of carboxylic acid groups (broad SMARTS) is 1. The lowest BCUT2D eigenvalue weighted by molar-refractivity contribution is -0.131. The molecule has 2 aromatic rings. The number of carboxylic acids is 1. The smallest absolute Gasteiger partial charge is 0.328 e. The maximum Gasteiger partial charge on any atom is 0.328 e. The normalized spacial score (nSPS) is 10.8. The summed E-state index contributed by atoms with van der Waals surface area (Å²) in [5.41, 5.74) is 1.42. The average Bonchev–Trinajstić information content (AvgIpc) is 2.80. The summed E-state index contributed by atoms with van der Waals surface area (Å²) in [5.74, 6) is -0.633. The zero-order valence-corrected chi connectivity index (χ0v) is 8.20. The van der Waals surface area contributed by atoms with Gasteiger partial charge in [-0.2, -0.15) is 0 Å². The van der Waals surface area contributed by atoms with E-state index in [1.807, 2.05) is 6.07 Å². The molecule has 16 heavy (non-hydrogen) atoms. The second-order valence-corrected chi connectivity index (χ2v) is 3.00. The number of rotatable bonds is 3. The van der Waals surface area contributed by atoms with Crippen molar-refractivity contribution in [2.75, 3.05) is 0 Å². The fraction of sp³-hybridized carbons (Fsp3) is 0. The Labute approximate surface area is 91.1 Å². The lowest BCUT2D eigenvalue weighted by Gasteiger charge is -1.99. The summed E-state index contributed by atoms with van der Waals surface area (Å²) in [4.78, 5) is 10.4. The van der Waals surface area contributed by atoms with E-state index in [9.17, 15) is 4.79 Å². The van der Waals surface area contributed by atoms with Crippen molar-refractivity contribution in [1.82, 2.24) is 10.2 Å². The monoisotopic (exact) mass is 216 g/mol. The molecule has 0 aliphatic rings. The van der Waals surface area contributed by atoms with Crippen LogP contribution in [0, 0.1) is 0 Å². The summed E-state index contributed by atoms with van der Waals surface area (Å²) in [7, 11) is 0. The number of nitrogens with zero attached hydrogens (tertiary/aromatic N) is 2. The Morgan fingerprint density at radius 3 is 2.88 bits per heavy atom. The Morgan fingerprint density at radius 1 is 1.38 bits per heavy atom. The van der Waals surface area contributed by atoms with Crippen LogP contribution in [0.15, 0.2) is 41.2 Å². The van der Waals surface area contributed by atoms with Gasteiger partial charge in [0.05, 0.1) is 0 Å². The molecule has 1 N–H and O–H groups in total. The van der Waals surface area contributed by atoms with E-state index in [-0.39, 0.29) is 0 Å². The molecule has 0 saturated heterocycles. The van der Waals surface area contributed by atoms with Crippen molar-refractivity contribution in [3.05, 3.63) is 42.3 Å². The third kappa shape index (κ3) is 2.14. The molecule has 1 aromatic heterocycles. The molecule has 0 aliphatic heterocycles. The van der Waals surface area contributed by atoms with E-state index >= 15 is 0 Å². The van der Waals surface area contributed by atoms with Crippen LogP contribution in [0.5, 0.6) is 0 Å². The van der Waals surface area contributed by atoms with Crippen LogP contribution in [-0.2, 0) is 4.79 Å². The van der Waals surface area contributed by atoms with Crippen molar-refractivity contribution in [2.45, 2.75) is 0 Å². The summed E-state index contributed by atoms with van der Waals surface area (Å²) in [6.45, 7) is 0. The number of hydrogen-bond acceptors (Lipinski definition) is 4. The molecule has 0 atom stereocenters. The summed E-state index contributed by atoms with van der Waals surface area (Å²) in [5, 5.41) is 15.9. The van der Waals surface area contributed by atoms with Crippen LogP contribution < -0.4 is 0 Å². The molecule has 1 heterocycles. The highest BCUT2D eigenvalue weighted by molar-refractivity contribution is 5.87. The van der Waals surface area contributed by atoms with Gasteiger partial charge in [-0.1, -0.05) is 18.2 Å². The van der Waals surface area contributed by atoms with Gasteiger partial charge in [0.15, 0.2) is 0 Å². The van der Waals surface area contributed by atoms with E-state index < -0.39 is 5.97 Å². The predicted molar refractivity (Wildman–Crippen MR) is 56.4 cm³/mol. The van der Waals surface area contributed by atoms with Gasteiger partial charge < -0.3 is 9.52 Å². The third-order valence-electron chi connectivity index (χ3n) is 1.96. The van der Waals surface area contributed by atoms with Gasteiger partial charge in [-0.05, 0) is 17.7 Å².